The molecular weight excluding hydrogens is 556 g/mol. The number of benzene rings is 3. The van der Waals surface area contributed by atoms with Gasteiger partial charge in [-0.05, 0) is 53.8 Å². The van der Waals surface area contributed by atoms with Crippen LogP contribution in [0, 0.1) is 0 Å². The van der Waals surface area contributed by atoms with E-state index < -0.39 is 15.9 Å². The molecule has 11 nitrogen and oxygen atoms in total. The van der Waals surface area contributed by atoms with E-state index in [-0.39, 0.29) is 34.5 Å². The van der Waals surface area contributed by atoms with Crippen molar-refractivity contribution in [2.24, 2.45) is 0 Å². The minimum Gasteiger partial charge on any atom is -0.492 e. The van der Waals surface area contributed by atoms with Crippen LogP contribution in [0.25, 0.3) is 5.69 Å². The monoisotopic (exact) mass is 590 g/mol. The normalized spacial score (nSPS) is 12.3. The highest BCUT2D eigenvalue weighted by molar-refractivity contribution is 7.92. The van der Waals surface area contributed by atoms with Gasteiger partial charge in [-0.25, -0.2) is 13.1 Å². The molecular formula is C30H34N6O5S. The lowest BCUT2D eigenvalue weighted by Gasteiger charge is -2.24. The van der Waals surface area contributed by atoms with E-state index in [1.165, 1.54) is 18.0 Å². The van der Waals surface area contributed by atoms with E-state index >= 15 is 0 Å². The van der Waals surface area contributed by atoms with Gasteiger partial charge in [-0.1, -0.05) is 62.4 Å². The largest absolute Gasteiger partial charge is 0.492 e. The molecule has 3 aromatic carbocycles. The molecule has 3 N–H and O–H groups in total. The molecule has 0 spiro atoms. The third kappa shape index (κ3) is 7.32. The van der Waals surface area contributed by atoms with Crippen molar-refractivity contribution in [2.75, 3.05) is 23.4 Å². The first-order valence-electron chi connectivity index (χ1n) is 13.2. The van der Waals surface area contributed by atoms with Crippen molar-refractivity contribution < 1.29 is 22.7 Å². The predicted octanol–water partition coefficient (Wildman–Crippen LogP) is 4.69. The average Bonchev–Trinajstić information content (AvgIpc) is 3.43. The number of aromatic nitrogens is 3. The summed E-state index contributed by atoms with van der Waals surface area (Å²) in [7, 11) is -2.22. The second-order valence-corrected chi connectivity index (χ2v) is 12.6. The van der Waals surface area contributed by atoms with Crippen molar-refractivity contribution >= 4 is 33.2 Å². The van der Waals surface area contributed by atoms with Gasteiger partial charge in [-0.3, -0.25) is 14.3 Å². The third-order valence-corrected chi connectivity index (χ3v) is 7.04. The highest BCUT2D eigenvalue weighted by Gasteiger charge is 2.23. The smallest absolute Gasteiger partial charge is 0.273 e. The molecule has 220 valence electrons. The first-order valence-corrected chi connectivity index (χ1v) is 15.0. The lowest BCUT2D eigenvalue weighted by Crippen LogP contribution is -2.26. The lowest BCUT2D eigenvalue weighted by molar-refractivity contribution is 0.0934. The van der Waals surface area contributed by atoms with Crippen molar-refractivity contribution in [1.29, 1.82) is 0 Å². The van der Waals surface area contributed by atoms with Crippen LogP contribution in [0.4, 0.5) is 11.4 Å². The van der Waals surface area contributed by atoms with Gasteiger partial charge in [0.15, 0.2) is 11.4 Å². The van der Waals surface area contributed by atoms with Gasteiger partial charge in [0.25, 0.3) is 11.8 Å². The molecule has 4 rings (SSSR count). The van der Waals surface area contributed by atoms with Crippen LogP contribution in [0.2, 0.25) is 0 Å². The maximum absolute atomic E-state index is 13.4. The highest BCUT2D eigenvalue weighted by Crippen LogP contribution is 2.39. The summed E-state index contributed by atoms with van der Waals surface area (Å²) in [5.41, 5.74) is 2.85. The summed E-state index contributed by atoms with van der Waals surface area (Å²) in [5, 5.41) is 13.8. The van der Waals surface area contributed by atoms with Crippen LogP contribution in [0.3, 0.4) is 0 Å². The van der Waals surface area contributed by atoms with Crippen molar-refractivity contribution in [2.45, 2.75) is 39.2 Å². The fourth-order valence-corrected chi connectivity index (χ4v) is 4.78. The molecule has 1 aromatic heterocycles. The lowest BCUT2D eigenvalue weighted by atomic mass is 9.86. The van der Waals surface area contributed by atoms with E-state index in [2.05, 4.69) is 25.7 Å². The molecule has 0 unspecified atom stereocenters. The molecule has 0 aliphatic rings. The number of carbonyl (C=O) groups excluding carboxylic acids is 2. The molecule has 0 bridgehead atoms. The van der Waals surface area contributed by atoms with E-state index in [0.29, 0.717) is 16.9 Å². The molecule has 0 saturated carbocycles. The van der Waals surface area contributed by atoms with E-state index in [9.17, 15) is 18.0 Å². The molecule has 0 radical (unpaired) electrons. The number of rotatable bonds is 9. The van der Waals surface area contributed by atoms with Gasteiger partial charge in [0.05, 0.1) is 42.7 Å². The van der Waals surface area contributed by atoms with E-state index in [4.69, 9.17) is 4.74 Å². The number of methoxy groups -OCH3 is 1. The number of nitrogens with zero attached hydrogens (tertiary/aromatic N) is 3. The molecule has 12 heteroatoms. The summed E-state index contributed by atoms with van der Waals surface area (Å²) >= 11 is 0. The van der Waals surface area contributed by atoms with E-state index in [1.807, 2.05) is 58.0 Å². The second kappa shape index (κ2) is 12.0. The van der Waals surface area contributed by atoms with Gasteiger partial charge >= 0.3 is 0 Å². The maximum atomic E-state index is 13.4. The Kier molecular flexibility index (Phi) is 8.67. The maximum Gasteiger partial charge on any atom is 0.273 e. The fraction of sp³-hybridized carbons (Fsp3) is 0.267. The Hall–Kier alpha value is -4.71. The Morgan fingerprint density at radius 1 is 0.952 bits per heavy atom. The van der Waals surface area contributed by atoms with Crippen molar-refractivity contribution in [1.82, 2.24) is 20.3 Å². The Labute approximate surface area is 245 Å². The molecule has 2 amide bonds. The van der Waals surface area contributed by atoms with Crippen LogP contribution < -0.4 is 20.1 Å². The van der Waals surface area contributed by atoms with Gasteiger partial charge in [0.1, 0.15) is 0 Å². The SMILES string of the molecule is COc1c(NC(=O)c2cccc(-n3cc(C(=O)N[C@H](C)c4ccccc4)nn3)c2)cc(C(C)(C)C)cc1NS(C)(=O)=O. The number of sulfonamides is 1. The van der Waals surface area contributed by atoms with Gasteiger partial charge in [-0.2, -0.15) is 0 Å². The zero-order valence-electron chi connectivity index (χ0n) is 24.3. The molecule has 1 heterocycles. The summed E-state index contributed by atoms with van der Waals surface area (Å²) in [6.45, 7) is 7.81. The quantitative estimate of drug-likeness (QED) is 0.257. The first-order chi connectivity index (χ1) is 19.7. The van der Waals surface area contributed by atoms with E-state index in [0.717, 1.165) is 17.4 Å². The number of hydrogen-bond donors (Lipinski definition) is 3. The third-order valence-electron chi connectivity index (χ3n) is 6.45. The standard InChI is InChI=1S/C30H34N6O5S/c1-19(20-11-8-7-9-12-20)31-29(38)26-18-36(35-33-26)23-14-10-13-21(15-23)28(37)32-24-16-22(30(2,3)4)17-25(27(24)41-5)34-42(6,39)40/h7-19,34H,1-6H3,(H,31,38)(H,32,37)/t19-/m1/s1. The predicted molar refractivity (Wildman–Crippen MR) is 162 cm³/mol. The summed E-state index contributed by atoms with van der Waals surface area (Å²) in [5.74, 6) is -0.660. The van der Waals surface area contributed by atoms with Gasteiger partial charge in [0.2, 0.25) is 10.0 Å². The number of carbonyl (C=O) groups is 2. The van der Waals surface area contributed by atoms with Crippen LogP contribution in [0.5, 0.6) is 5.75 Å². The summed E-state index contributed by atoms with van der Waals surface area (Å²) in [6, 6.07) is 19.4. The van der Waals surface area contributed by atoms with Crippen molar-refractivity contribution in [3.63, 3.8) is 0 Å². The van der Waals surface area contributed by atoms with Gasteiger partial charge in [-0.15, -0.1) is 5.10 Å². The minimum absolute atomic E-state index is 0.127. The van der Waals surface area contributed by atoms with Crippen molar-refractivity contribution in [3.05, 3.63) is 95.3 Å². The van der Waals surface area contributed by atoms with Crippen molar-refractivity contribution in [3.8, 4) is 11.4 Å². The highest BCUT2D eigenvalue weighted by atomic mass is 32.2. The van der Waals surface area contributed by atoms with E-state index in [1.54, 1.807) is 36.4 Å². The number of amides is 2. The number of hydrogen-bond acceptors (Lipinski definition) is 7. The average molecular weight is 591 g/mol. The molecule has 0 aliphatic carbocycles. The second-order valence-electron chi connectivity index (χ2n) is 10.9. The molecule has 1 atom stereocenters. The number of nitrogens with one attached hydrogen (secondary N) is 3. The van der Waals surface area contributed by atoms with Crippen LogP contribution in [0.15, 0.2) is 72.9 Å². The first kappa shape index (κ1) is 30.3. The van der Waals surface area contributed by atoms with Gasteiger partial charge in [0, 0.05) is 5.56 Å². The minimum atomic E-state index is -3.62. The molecule has 0 fully saturated rings. The Bertz CT molecular complexity index is 1710. The molecule has 42 heavy (non-hydrogen) atoms. The Morgan fingerprint density at radius 3 is 2.29 bits per heavy atom. The fourth-order valence-electron chi connectivity index (χ4n) is 4.22. The Balaban J connectivity index is 1.57. The number of anilines is 2. The Morgan fingerprint density at radius 2 is 1.64 bits per heavy atom. The molecule has 4 aromatic rings. The molecule has 0 saturated heterocycles. The zero-order chi connectivity index (χ0) is 30.7. The molecule has 0 aliphatic heterocycles. The van der Waals surface area contributed by atoms with Crippen LogP contribution in [-0.2, 0) is 15.4 Å². The topological polar surface area (TPSA) is 144 Å². The number of ether oxygens (including phenoxy) is 1. The summed E-state index contributed by atoms with van der Waals surface area (Å²) in [4.78, 5) is 26.2. The summed E-state index contributed by atoms with van der Waals surface area (Å²) in [6.07, 6.45) is 2.53. The van der Waals surface area contributed by atoms with Gasteiger partial charge < -0.3 is 15.4 Å². The summed E-state index contributed by atoms with van der Waals surface area (Å²) < 4.78 is 33.4. The van der Waals surface area contributed by atoms with Crippen LogP contribution in [-0.4, -0.2) is 48.6 Å². The zero-order valence-corrected chi connectivity index (χ0v) is 25.1. The van der Waals surface area contributed by atoms with Crippen LogP contribution >= 0.6 is 0 Å². The van der Waals surface area contributed by atoms with Crippen LogP contribution in [0.1, 0.15) is 65.7 Å².